The number of carbonyl (C=O) groups is 1. The molecular formula is C21H30N2O3S. The molecule has 1 heterocycles. The van der Waals surface area contributed by atoms with Crippen molar-refractivity contribution in [3.63, 3.8) is 0 Å². The van der Waals surface area contributed by atoms with Crippen molar-refractivity contribution in [2.24, 2.45) is 5.92 Å². The number of rotatable bonds is 5. The van der Waals surface area contributed by atoms with Crippen LogP contribution in [0.15, 0.2) is 23.1 Å². The van der Waals surface area contributed by atoms with Gasteiger partial charge in [-0.1, -0.05) is 32.1 Å². The van der Waals surface area contributed by atoms with E-state index in [2.05, 4.69) is 4.72 Å². The third-order valence-electron chi connectivity index (χ3n) is 6.42. The molecule has 0 unspecified atom stereocenters. The quantitative estimate of drug-likeness (QED) is 0.832. The topological polar surface area (TPSA) is 66.5 Å². The molecule has 1 aromatic rings. The molecule has 27 heavy (non-hydrogen) atoms. The Morgan fingerprint density at radius 2 is 1.74 bits per heavy atom. The fraction of sp³-hybridized carbons (Fsp3) is 0.667. The smallest absolute Gasteiger partial charge is 0.240 e. The molecule has 2 saturated carbocycles. The number of hydrogen-bond acceptors (Lipinski definition) is 3. The molecule has 2 aliphatic carbocycles. The Morgan fingerprint density at radius 1 is 1.04 bits per heavy atom. The summed E-state index contributed by atoms with van der Waals surface area (Å²) in [5.41, 5.74) is 1.87. The van der Waals surface area contributed by atoms with Gasteiger partial charge in [0.15, 0.2) is 0 Å². The second-order valence-electron chi connectivity index (χ2n) is 8.40. The number of amides is 1. The van der Waals surface area contributed by atoms with Crippen LogP contribution in [0.1, 0.15) is 69.8 Å². The summed E-state index contributed by atoms with van der Waals surface area (Å²) in [6, 6.07) is 5.31. The van der Waals surface area contributed by atoms with Crippen LogP contribution in [0.3, 0.4) is 0 Å². The zero-order chi connectivity index (χ0) is 18.9. The lowest BCUT2D eigenvalue weighted by molar-refractivity contribution is -0.119. The number of hydrogen-bond donors (Lipinski definition) is 1. The predicted octanol–water partition coefficient (Wildman–Crippen LogP) is 3.77. The first-order valence-electron chi connectivity index (χ1n) is 10.5. The van der Waals surface area contributed by atoms with E-state index >= 15 is 0 Å². The van der Waals surface area contributed by atoms with E-state index in [1.54, 1.807) is 12.1 Å². The van der Waals surface area contributed by atoms with Crippen LogP contribution in [0.5, 0.6) is 0 Å². The van der Waals surface area contributed by atoms with E-state index in [-0.39, 0.29) is 11.9 Å². The van der Waals surface area contributed by atoms with Crippen molar-refractivity contribution in [2.45, 2.75) is 81.6 Å². The van der Waals surface area contributed by atoms with Crippen molar-refractivity contribution in [1.29, 1.82) is 0 Å². The monoisotopic (exact) mass is 390 g/mol. The van der Waals surface area contributed by atoms with Gasteiger partial charge < -0.3 is 4.90 Å². The molecule has 0 atom stereocenters. The van der Waals surface area contributed by atoms with E-state index in [0.29, 0.717) is 23.8 Å². The van der Waals surface area contributed by atoms with Gasteiger partial charge >= 0.3 is 0 Å². The molecule has 1 amide bonds. The third kappa shape index (κ3) is 4.21. The minimum absolute atomic E-state index is 0.0665. The number of sulfonamides is 1. The lowest BCUT2D eigenvalue weighted by Crippen LogP contribution is -2.32. The highest BCUT2D eigenvalue weighted by atomic mass is 32.2. The molecule has 1 aliphatic heterocycles. The van der Waals surface area contributed by atoms with Gasteiger partial charge in [-0.05, 0) is 61.8 Å². The average molecular weight is 391 g/mol. The first-order chi connectivity index (χ1) is 13.0. The highest BCUT2D eigenvalue weighted by Gasteiger charge is 2.29. The van der Waals surface area contributed by atoms with Crippen LogP contribution in [0.25, 0.3) is 0 Å². The van der Waals surface area contributed by atoms with Gasteiger partial charge in [0.1, 0.15) is 0 Å². The number of nitrogens with zero attached hydrogens (tertiary/aromatic N) is 1. The van der Waals surface area contributed by atoms with Gasteiger partial charge in [0, 0.05) is 24.7 Å². The van der Waals surface area contributed by atoms with E-state index in [9.17, 15) is 13.2 Å². The van der Waals surface area contributed by atoms with E-state index in [1.165, 1.54) is 19.3 Å². The molecule has 0 radical (unpaired) electrons. The van der Waals surface area contributed by atoms with Crippen LogP contribution in [0.4, 0.5) is 5.69 Å². The summed E-state index contributed by atoms with van der Waals surface area (Å²) in [5, 5.41) is 0. The Balaban J connectivity index is 1.46. The molecule has 6 heteroatoms. The summed E-state index contributed by atoms with van der Waals surface area (Å²) < 4.78 is 28.2. The van der Waals surface area contributed by atoms with Crippen LogP contribution in [0.2, 0.25) is 0 Å². The SMILES string of the molecule is O=C(CC1CCCCC1)N1CCc2cc(S(=O)(=O)NC3CCCC3)ccc21. The van der Waals surface area contributed by atoms with Crippen molar-refractivity contribution in [1.82, 2.24) is 4.72 Å². The lowest BCUT2D eigenvalue weighted by Gasteiger charge is -2.24. The maximum atomic E-state index is 12.8. The van der Waals surface area contributed by atoms with E-state index < -0.39 is 10.0 Å². The number of anilines is 1. The second kappa shape index (κ2) is 7.92. The third-order valence-corrected chi connectivity index (χ3v) is 7.94. The molecule has 4 rings (SSSR count). The molecule has 1 N–H and O–H groups in total. The number of nitrogens with one attached hydrogen (secondary N) is 1. The van der Waals surface area contributed by atoms with Crippen LogP contribution in [0, 0.1) is 5.92 Å². The fourth-order valence-corrected chi connectivity index (χ4v) is 6.24. The summed E-state index contributed by atoms with van der Waals surface area (Å²) in [7, 11) is -3.48. The van der Waals surface area contributed by atoms with Crippen LogP contribution >= 0.6 is 0 Å². The lowest BCUT2D eigenvalue weighted by atomic mass is 9.86. The highest BCUT2D eigenvalue weighted by Crippen LogP contribution is 2.33. The van der Waals surface area contributed by atoms with Crippen LogP contribution in [-0.2, 0) is 21.2 Å². The first-order valence-corrected chi connectivity index (χ1v) is 12.0. The largest absolute Gasteiger partial charge is 0.312 e. The van der Waals surface area contributed by atoms with Crippen molar-refractivity contribution in [2.75, 3.05) is 11.4 Å². The van der Waals surface area contributed by atoms with Crippen molar-refractivity contribution in [3.8, 4) is 0 Å². The molecule has 0 saturated heterocycles. The van der Waals surface area contributed by atoms with Gasteiger partial charge in [0.25, 0.3) is 0 Å². The van der Waals surface area contributed by atoms with Crippen molar-refractivity contribution in [3.05, 3.63) is 23.8 Å². The van der Waals surface area contributed by atoms with Gasteiger partial charge in [0.05, 0.1) is 4.90 Å². The van der Waals surface area contributed by atoms with Crippen molar-refractivity contribution < 1.29 is 13.2 Å². The number of carbonyl (C=O) groups excluding carboxylic acids is 1. The normalized spacial score (nSPS) is 21.6. The zero-order valence-corrected chi connectivity index (χ0v) is 16.8. The Morgan fingerprint density at radius 3 is 2.48 bits per heavy atom. The number of fused-ring (bicyclic) bond motifs is 1. The summed E-state index contributed by atoms with van der Waals surface area (Å²) in [5.74, 6) is 0.714. The van der Waals surface area contributed by atoms with Gasteiger partial charge in [-0.25, -0.2) is 13.1 Å². The Kier molecular flexibility index (Phi) is 5.55. The molecule has 1 aromatic carbocycles. The predicted molar refractivity (Wildman–Crippen MR) is 106 cm³/mol. The Hall–Kier alpha value is -1.40. The summed E-state index contributed by atoms with van der Waals surface area (Å²) in [4.78, 5) is 15.0. The second-order valence-corrected chi connectivity index (χ2v) is 10.1. The van der Waals surface area contributed by atoms with Gasteiger partial charge in [-0.3, -0.25) is 4.79 Å². The maximum Gasteiger partial charge on any atom is 0.240 e. The van der Waals surface area contributed by atoms with Gasteiger partial charge in [-0.15, -0.1) is 0 Å². The van der Waals surface area contributed by atoms with Crippen LogP contribution < -0.4 is 9.62 Å². The highest BCUT2D eigenvalue weighted by molar-refractivity contribution is 7.89. The molecule has 2 fully saturated rings. The molecule has 0 spiro atoms. The number of benzene rings is 1. The zero-order valence-electron chi connectivity index (χ0n) is 16.0. The average Bonchev–Trinajstić information content (AvgIpc) is 3.31. The molecule has 148 valence electrons. The minimum atomic E-state index is -3.48. The standard InChI is InChI=1S/C21H30N2O3S/c24-21(14-16-6-2-1-3-7-16)23-13-12-17-15-19(10-11-20(17)23)27(25,26)22-18-8-4-5-9-18/h10-11,15-16,18,22H,1-9,12-14H2. The molecular weight excluding hydrogens is 360 g/mol. The Bertz CT molecular complexity index is 794. The minimum Gasteiger partial charge on any atom is -0.312 e. The van der Waals surface area contributed by atoms with Crippen LogP contribution in [-0.4, -0.2) is 26.9 Å². The van der Waals surface area contributed by atoms with Gasteiger partial charge in [-0.2, -0.15) is 0 Å². The van der Waals surface area contributed by atoms with E-state index in [4.69, 9.17) is 0 Å². The van der Waals surface area contributed by atoms with E-state index in [0.717, 1.165) is 56.2 Å². The fourth-order valence-electron chi connectivity index (χ4n) is 4.88. The molecule has 3 aliphatic rings. The summed E-state index contributed by atoms with van der Waals surface area (Å²) >= 11 is 0. The van der Waals surface area contributed by atoms with Crippen molar-refractivity contribution >= 4 is 21.6 Å². The molecule has 0 bridgehead atoms. The first kappa shape index (κ1) is 18.9. The summed E-state index contributed by atoms with van der Waals surface area (Å²) in [6.45, 7) is 0.667. The summed E-state index contributed by atoms with van der Waals surface area (Å²) in [6.07, 6.45) is 11.5. The van der Waals surface area contributed by atoms with Gasteiger partial charge in [0.2, 0.25) is 15.9 Å². The van der Waals surface area contributed by atoms with E-state index in [1.807, 2.05) is 11.0 Å². The molecule has 5 nitrogen and oxygen atoms in total. The maximum absolute atomic E-state index is 12.8. The Labute approximate surface area is 162 Å². The molecule has 0 aromatic heterocycles.